The molecule has 5 rings (SSSR count). The third-order valence-electron chi connectivity index (χ3n) is 6.77. The molecule has 0 aromatic heterocycles. The van der Waals surface area contributed by atoms with Crippen molar-refractivity contribution < 1.29 is 23.4 Å². The Labute approximate surface area is 210 Å². The molecule has 4 aromatic carbocycles. The molecule has 0 fully saturated rings. The molecular weight excluding hydrogens is 457 g/mol. The number of benzene rings is 4. The number of hydrogen-bond donors (Lipinski definition) is 0. The van der Waals surface area contributed by atoms with Gasteiger partial charge in [0.25, 0.3) is 0 Å². The van der Waals surface area contributed by atoms with Crippen LogP contribution in [0.1, 0.15) is 22.7 Å². The lowest BCUT2D eigenvalue weighted by atomic mass is 9.91. The molecule has 0 saturated heterocycles. The summed E-state index contributed by atoms with van der Waals surface area (Å²) in [6.45, 7) is 0.791. The minimum Gasteiger partial charge on any atom is -0.493 e. The Balaban J connectivity index is 1.47. The maximum Gasteiger partial charge on any atom is 0.227 e. The van der Waals surface area contributed by atoms with Gasteiger partial charge in [0.05, 0.1) is 26.7 Å². The van der Waals surface area contributed by atoms with E-state index in [1.54, 1.807) is 26.4 Å². The van der Waals surface area contributed by atoms with E-state index >= 15 is 0 Å². The van der Waals surface area contributed by atoms with Crippen molar-refractivity contribution in [2.45, 2.75) is 18.9 Å². The van der Waals surface area contributed by atoms with Gasteiger partial charge in [0, 0.05) is 6.54 Å². The molecule has 184 valence electrons. The lowest BCUT2D eigenvalue weighted by Gasteiger charge is -2.38. The number of fused-ring (bicyclic) bond motifs is 2. The molecule has 6 heteroatoms. The number of carbonyl (C=O) groups is 1. The summed E-state index contributed by atoms with van der Waals surface area (Å²) >= 11 is 0. The zero-order valence-electron chi connectivity index (χ0n) is 20.4. The van der Waals surface area contributed by atoms with Crippen molar-refractivity contribution in [1.82, 2.24) is 4.90 Å². The Kier molecular flexibility index (Phi) is 6.76. The van der Waals surface area contributed by atoms with Crippen LogP contribution < -0.4 is 14.2 Å². The SMILES string of the molecule is COc1cc2c(cc1OC)C(COc1ccc(F)cc1)N(C(=O)Cc1cccc3ccccc13)CC2. The van der Waals surface area contributed by atoms with Crippen molar-refractivity contribution in [2.75, 3.05) is 27.4 Å². The molecule has 0 bridgehead atoms. The lowest BCUT2D eigenvalue weighted by Crippen LogP contribution is -2.43. The van der Waals surface area contributed by atoms with Crippen LogP contribution in [0.3, 0.4) is 0 Å². The van der Waals surface area contributed by atoms with E-state index in [2.05, 4.69) is 18.2 Å². The zero-order valence-corrected chi connectivity index (χ0v) is 20.4. The molecule has 1 heterocycles. The second-order valence-corrected chi connectivity index (χ2v) is 8.84. The molecule has 1 unspecified atom stereocenters. The lowest BCUT2D eigenvalue weighted by molar-refractivity contribution is -0.134. The summed E-state index contributed by atoms with van der Waals surface area (Å²) in [4.78, 5) is 15.6. The van der Waals surface area contributed by atoms with Crippen LogP contribution in [0.5, 0.6) is 17.2 Å². The summed E-state index contributed by atoms with van der Waals surface area (Å²) < 4.78 is 30.5. The van der Waals surface area contributed by atoms with Gasteiger partial charge in [-0.05, 0) is 70.3 Å². The van der Waals surface area contributed by atoms with Gasteiger partial charge in [-0.3, -0.25) is 4.79 Å². The van der Waals surface area contributed by atoms with Crippen molar-refractivity contribution in [3.05, 3.63) is 101 Å². The quantitative estimate of drug-likeness (QED) is 0.335. The number of amides is 1. The van der Waals surface area contributed by atoms with Gasteiger partial charge in [0.15, 0.2) is 11.5 Å². The summed E-state index contributed by atoms with van der Waals surface area (Å²) in [7, 11) is 3.21. The molecule has 4 aromatic rings. The second kappa shape index (κ2) is 10.3. The molecule has 1 atom stereocenters. The predicted octanol–water partition coefficient (Wildman–Crippen LogP) is 5.74. The van der Waals surface area contributed by atoms with E-state index in [0.717, 1.165) is 27.5 Å². The first-order valence-corrected chi connectivity index (χ1v) is 12.0. The van der Waals surface area contributed by atoms with Crippen LogP contribution in [0.2, 0.25) is 0 Å². The monoisotopic (exact) mass is 485 g/mol. The highest BCUT2D eigenvalue weighted by atomic mass is 19.1. The predicted molar refractivity (Wildman–Crippen MR) is 137 cm³/mol. The summed E-state index contributed by atoms with van der Waals surface area (Å²) in [6, 6.07) is 23.6. The fourth-order valence-electron chi connectivity index (χ4n) is 4.92. The van der Waals surface area contributed by atoms with E-state index < -0.39 is 0 Å². The van der Waals surface area contributed by atoms with E-state index in [9.17, 15) is 9.18 Å². The third-order valence-corrected chi connectivity index (χ3v) is 6.77. The summed E-state index contributed by atoms with van der Waals surface area (Å²) in [6.07, 6.45) is 0.987. The van der Waals surface area contributed by atoms with Gasteiger partial charge in [-0.15, -0.1) is 0 Å². The van der Waals surface area contributed by atoms with E-state index in [1.165, 1.54) is 12.1 Å². The Morgan fingerprint density at radius 1 is 0.944 bits per heavy atom. The van der Waals surface area contributed by atoms with Crippen LogP contribution in [0.25, 0.3) is 10.8 Å². The van der Waals surface area contributed by atoms with Gasteiger partial charge in [-0.1, -0.05) is 42.5 Å². The standard InChI is InChI=1S/C30H28FNO4/c1-34-28-16-22-14-15-32(30(33)17-21-8-5-7-20-6-3-4-9-25(20)21)27(26(22)18-29(28)35-2)19-36-24-12-10-23(31)11-13-24/h3-13,16,18,27H,14-15,17,19H2,1-2H3. The maximum absolute atomic E-state index is 13.7. The first kappa shape index (κ1) is 23.7. The van der Waals surface area contributed by atoms with Gasteiger partial charge < -0.3 is 19.1 Å². The highest BCUT2D eigenvalue weighted by molar-refractivity contribution is 5.90. The van der Waals surface area contributed by atoms with Crippen LogP contribution in [-0.2, 0) is 17.6 Å². The topological polar surface area (TPSA) is 48.0 Å². The van der Waals surface area contributed by atoms with E-state index in [-0.39, 0.29) is 30.8 Å². The summed E-state index contributed by atoms with van der Waals surface area (Å²) in [5, 5.41) is 2.19. The Morgan fingerprint density at radius 3 is 2.44 bits per heavy atom. The minimum absolute atomic E-state index is 0.0273. The fourth-order valence-corrected chi connectivity index (χ4v) is 4.92. The van der Waals surface area contributed by atoms with E-state index in [1.807, 2.05) is 41.3 Å². The number of ether oxygens (including phenoxy) is 3. The highest BCUT2D eigenvalue weighted by Crippen LogP contribution is 2.39. The molecule has 1 aliphatic heterocycles. The smallest absolute Gasteiger partial charge is 0.227 e. The summed E-state index contributed by atoms with van der Waals surface area (Å²) in [5.74, 6) is 1.51. The number of methoxy groups -OCH3 is 2. The molecule has 1 amide bonds. The molecule has 1 aliphatic rings. The van der Waals surface area contributed by atoms with Crippen LogP contribution in [0.15, 0.2) is 78.9 Å². The van der Waals surface area contributed by atoms with Crippen molar-refractivity contribution in [3.8, 4) is 17.2 Å². The van der Waals surface area contributed by atoms with Crippen LogP contribution in [0.4, 0.5) is 4.39 Å². The van der Waals surface area contributed by atoms with Gasteiger partial charge >= 0.3 is 0 Å². The molecule has 0 saturated carbocycles. The van der Waals surface area contributed by atoms with Crippen molar-refractivity contribution in [3.63, 3.8) is 0 Å². The maximum atomic E-state index is 13.7. The summed E-state index contributed by atoms with van der Waals surface area (Å²) in [5.41, 5.74) is 3.05. The number of carbonyl (C=O) groups excluding carboxylic acids is 1. The highest BCUT2D eigenvalue weighted by Gasteiger charge is 2.33. The molecule has 0 aliphatic carbocycles. The van der Waals surface area contributed by atoms with E-state index in [4.69, 9.17) is 14.2 Å². The van der Waals surface area contributed by atoms with Gasteiger partial charge in [0.1, 0.15) is 18.2 Å². The first-order valence-electron chi connectivity index (χ1n) is 12.0. The van der Waals surface area contributed by atoms with Crippen molar-refractivity contribution in [2.24, 2.45) is 0 Å². The van der Waals surface area contributed by atoms with Gasteiger partial charge in [0.2, 0.25) is 5.91 Å². The number of nitrogens with zero attached hydrogens (tertiary/aromatic N) is 1. The van der Waals surface area contributed by atoms with Crippen LogP contribution >= 0.6 is 0 Å². The molecular formula is C30H28FNO4. The number of hydrogen-bond acceptors (Lipinski definition) is 4. The van der Waals surface area contributed by atoms with Crippen molar-refractivity contribution >= 4 is 16.7 Å². The van der Waals surface area contributed by atoms with Gasteiger partial charge in [-0.2, -0.15) is 0 Å². The average Bonchev–Trinajstić information content (AvgIpc) is 2.91. The molecule has 0 spiro atoms. The average molecular weight is 486 g/mol. The Hall–Kier alpha value is -4.06. The molecule has 0 radical (unpaired) electrons. The van der Waals surface area contributed by atoms with Crippen molar-refractivity contribution in [1.29, 1.82) is 0 Å². The van der Waals surface area contributed by atoms with Crippen LogP contribution in [-0.4, -0.2) is 38.2 Å². The normalized spacial score (nSPS) is 14.9. The Bertz CT molecular complexity index is 1380. The fraction of sp³-hybridized carbons (Fsp3) is 0.233. The molecule has 0 N–H and O–H groups in total. The largest absolute Gasteiger partial charge is 0.493 e. The first-order chi connectivity index (χ1) is 17.6. The molecule has 36 heavy (non-hydrogen) atoms. The van der Waals surface area contributed by atoms with E-state index in [0.29, 0.717) is 30.2 Å². The second-order valence-electron chi connectivity index (χ2n) is 8.84. The Morgan fingerprint density at radius 2 is 1.67 bits per heavy atom. The third kappa shape index (κ3) is 4.71. The van der Waals surface area contributed by atoms with Crippen LogP contribution in [0, 0.1) is 5.82 Å². The number of halogens is 1. The number of rotatable bonds is 7. The molecule has 5 nitrogen and oxygen atoms in total. The zero-order chi connectivity index (χ0) is 25.1. The minimum atomic E-state index is -0.332. The van der Waals surface area contributed by atoms with Gasteiger partial charge in [-0.25, -0.2) is 4.39 Å².